The molecule has 4 aromatic heterocycles. The van der Waals surface area contributed by atoms with E-state index in [9.17, 15) is 0 Å². The first-order chi connectivity index (χ1) is 31.2. The third-order valence-corrected chi connectivity index (χ3v) is 12.9. The van der Waals surface area contributed by atoms with Crippen molar-refractivity contribution in [3.05, 3.63) is 200 Å². The van der Waals surface area contributed by atoms with Crippen LogP contribution in [0.1, 0.15) is 0 Å². The van der Waals surface area contributed by atoms with Crippen LogP contribution in [0.2, 0.25) is 0 Å². The predicted molar refractivity (Wildman–Crippen MR) is 259 cm³/mol. The van der Waals surface area contributed by atoms with E-state index in [0.29, 0.717) is 17.6 Å². The molecule has 0 fully saturated rings. The molecule has 0 bridgehead atoms. The number of aromatic nitrogens is 5. The standard InChI is InChI=1S/C57H33N5O/c1-2-15-36-29-39(26-25-34(36)13-1)55-58-56(60-57(59-55)62-49-22-10-7-19-42(49)43-20-8-11-23-50(43)62)48-33-40(32-47-44-21-9-12-24-52(44)63-54(47)48)61-51-31-38-17-4-3-16-37(38)30-46(51)45-28-27-35-14-5-6-18-41(35)53(45)61/h1-33H. The number of furan rings is 1. The van der Waals surface area contributed by atoms with Crippen molar-refractivity contribution < 1.29 is 4.42 Å². The molecule has 0 saturated heterocycles. The van der Waals surface area contributed by atoms with E-state index in [-0.39, 0.29) is 0 Å². The molecule has 0 aliphatic carbocycles. The smallest absolute Gasteiger partial charge is 0.238 e. The van der Waals surface area contributed by atoms with Gasteiger partial charge in [-0.3, -0.25) is 4.57 Å². The lowest BCUT2D eigenvalue weighted by Gasteiger charge is -2.14. The SMILES string of the molecule is c1ccc2cc(-c3nc(-c4cc(-n5c6cc7ccccc7cc6c6ccc7ccccc7c65)cc5c4oc4ccccc45)nc(-n4c5ccccc5c5ccccc54)n3)ccc2c1. The summed E-state index contributed by atoms with van der Waals surface area (Å²) in [5, 5.41) is 13.7. The van der Waals surface area contributed by atoms with Crippen molar-refractivity contribution in [2.75, 3.05) is 0 Å². The molecular formula is C57H33N5O. The fourth-order valence-corrected chi connectivity index (χ4v) is 10.0. The van der Waals surface area contributed by atoms with Gasteiger partial charge in [-0.05, 0) is 75.5 Å². The van der Waals surface area contributed by atoms with Crippen molar-refractivity contribution in [3.8, 4) is 34.4 Å². The van der Waals surface area contributed by atoms with Gasteiger partial charge in [0.1, 0.15) is 11.2 Å². The van der Waals surface area contributed by atoms with Crippen LogP contribution in [0.15, 0.2) is 205 Å². The van der Waals surface area contributed by atoms with Crippen LogP contribution in [0, 0.1) is 0 Å². The predicted octanol–water partition coefficient (Wildman–Crippen LogP) is 14.8. The first kappa shape index (κ1) is 34.1. The van der Waals surface area contributed by atoms with Gasteiger partial charge in [0.15, 0.2) is 11.6 Å². The lowest BCUT2D eigenvalue weighted by molar-refractivity contribution is 0.669. The molecule has 63 heavy (non-hydrogen) atoms. The van der Waals surface area contributed by atoms with Crippen LogP contribution in [-0.2, 0) is 0 Å². The number of para-hydroxylation sites is 3. The molecule has 0 spiro atoms. The van der Waals surface area contributed by atoms with Crippen LogP contribution < -0.4 is 0 Å². The Morgan fingerprint density at radius 1 is 0.349 bits per heavy atom. The second kappa shape index (κ2) is 12.9. The molecule has 0 unspecified atom stereocenters. The molecule has 292 valence electrons. The number of fused-ring (bicyclic) bond motifs is 13. The molecule has 0 N–H and O–H groups in total. The van der Waals surface area contributed by atoms with Crippen LogP contribution in [0.25, 0.3) is 132 Å². The van der Waals surface area contributed by atoms with E-state index in [1.165, 1.54) is 32.3 Å². The Labute approximate surface area is 359 Å². The Kier molecular flexibility index (Phi) is 7.02. The molecule has 14 aromatic rings. The van der Waals surface area contributed by atoms with Crippen LogP contribution in [0.3, 0.4) is 0 Å². The monoisotopic (exact) mass is 803 g/mol. The first-order valence-electron chi connectivity index (χ1n) is 21.3. The van der Waals surface area contributed by atoms with E-state index in [2.05, 4.69) is 197 Å². The highest BCUT2D eigenvalue weighted by atomic mass is 16.3. The highest BCUT2D eigenvalue weighted by Gasteiger charge is 2.24. The summed E-state index contributed by atoms with van der Waals surface area (Å²) in [5.74, 6) is 1.63. The van der Waals surface area contributed by atoms with E-state index in [1.54, 1.807) is 0 Å². The minimum atomic E-state index is 0.520. The maximum atomic E-state index is 6.87. The van der Waals surface area contributed by atoms with E-state index >= 15 is 0 Å². The van der Waals surface area contributed by atoms with Crippen molar-refractivity contribution in [2.45, 2.75) is 0 Å². The summed E-state index contributed by atoms with van der Waals surface area (Å²) in [7, 11) is 0. The van der Waals surface area contributed by atoms with Gasteiger partial charge in [-0.1, -0.05) is 152 Å². The maximum absolute atomic E-state index is 6.87. The zero-order valence-corrected chi connectivity index (χ0v) is 33.7. The van der Waals surface area contributed by atoms with Crippen LogP contribution in [0.5, 0.6) is 0 Å². The van der Waals surface area contributed by atoms with Crippen LogP contribution >= 0.6 is 0 Å². The van der Waals surface area contributed by atoms with Gasteiger partial charge in [-0.2, -0.15) is 9.97 Å². The number of hydrogen-bond donors (Lipinski definition) is 0. The second-order valence-corrected chi connectivity index (χ2v) is 16.4. The topological polar surface area (TPSA) is 61.7 Å². The molecule has 0 aliphatic rings. The van der Waals surface area contributed by atoms with E-state index in [0.717, 1.165) is 82.4 Å². The Morgan fingerprint density at radius 2 is 0.952 bits per heavy atom. The molecule has 14 rings (SSSR count). The lowest BCUT2D eigenvalue weighted by atomic mass is 10.0. The van der Waals surface area contributed by atoms with Gasteiger partial charge in [-0.15, -0.1) is 0 Å². The molecule has 0 atom stereocenters. The van der Waals surface area contributed by atoms with Crippen molar-refractivity contribution in [2.24, 2.45) is 0 Å². The second-order valence-electron chi connectivity index (χ2n) is 16.4. The van der Waals surface area contributed by atoms with Gasteiger partial charge in [0, 0.05) is 49.0 Å². The molecule has 0 saturated carbocycles. The minimum absolute atomic E-state index is 0.520. The number of hydrogen-bond acceptors (Lipinski definition) is 4. The molecule has 0 amide bonds. The number of rotatable bonds is 4. The van der Waals surface area contributed by atoms with Gasteiger partial charge in [-0.25, -0.2) is 4.98 Å². The van der Waals surface area contributed by atoms with Crippen molar-refractivity contribution >= 4 is 97.9 Å². The fraction of sp³-hybridized carbons (Fsp3) is 0. The average Bonchev–Trinajstić information content (AvgIpc) is 4.00. The largest absolute Gasteiger partial charge is 0.455 e. The third-order valence-electron chi connectivity index (χ3n) is 12.9. The Morgan fingerprint density at radius 3 is 1.73 bits per heavy atom. The molecule has 6 heteroatoms. The van der Waals surface area contributed by atoms with Crippen molar-refractivity contribution in [1.29, 1.82) is 0 Å². The number of nitrogens with zero attached hydrogens (tertiary/aromatic N) is 5. The molecule has 0 aliphatic heterocycles. The summed E-state index contributed by atoms with van der Waals surface area (Å²) in [4.78, 5) is 16.2. The van der Waals surface area contributed by atoms with Crippen molar-refractivity contribution in [3.63, 3.8) is 0 Å². The van der Waals surface area contributed by atoms with Gasteiger partial charge >= 0.3 is 0 Å². The first-order valence-corrected chi connectivity index (χ1v) is 21.3. The zero-order chi connectivity index (χ0) is 41.2. The number of benzene rings is 10. The Balaban J connectivity index is 1.13. The highest BCUT2D eigenvalue weighted by molar-refractivity contribution is 6.21. The Bertz CT molecular complexity index is 4180. The summed E-state index contributed by atoms with van der Waals surface area (Å²) in [6.07, 6.45) is 0. The lowest BCUT2D eigenvalue weighted by Crippen LogP contribution is -2.07. The minimum Gasteiger partial charge on any atom is -0.455 e. The molecule has 0 radical (unpaired) electrons. The van der Waals surface area contributed by atoms with Crippen LogP contribution in [-0.4, -0.2) is 24.1 Å². The highest BCUT2D eigenvalue weighted by Crippen LogP contribution is 2.43. The summed E-state index contributed by atoms with van der Waals surface area (Å²) >= 11 is 0. The normalized spacial score (nSPS) is 12.1. The van der Waals surface area contributed by atoms with E-state index in [1.807, 2.05) is 12.1 Å². The molecule has 6 nitrogen and oxygen atoms in total. The van der Waals surface area contributed by atoms with Crippen molar-refractivity contribution in [1.82, 2.24) is 24.1 Å². The molecular weight excluding hydrogens is 771 g/mol. The van der Waals surface area contributed by atoms with Gasteiger partial charge in [0.2, 0.25) is 5.95 Å². The maximum Gasteiger partial charge on any atom is 0.238 e. The van der Waals surface area contributed by atoms with Gasteiger partial charge < -0.3 is 8.98 Å². The summed E-state index contributed by atoms with van der Waals surface area (Å²) in [5.41, 5.74) is 8.50. The zero-order valence-electron chi connectivity index (χ0n) is 33.7. The summed E-state index contributed by atoms with van der Waals surface area (Å²) in [6.45, 7) is 0. The van der Waals surface area contributed by atoms with Gasteiger partial charge in [0.05, 0.1) is 27.6 Å². The van der Waals surface area contributed by atoms with Gasteiger partial charge in [0.25, 0.3) is 0 Å². The summed E-state index contributed by atoms with van der Waals surface area (Å²) < 4.78 is 11.5. The van der Waals surface area contributed by atoms with E-state index < -0.39 is 0 Å². The third kappa shape index (κ3) is 5.03. The van der Waals surface area contributed by atoms with Crippen LogP contribution in [0.4, 0.5) is 0 Å². The average molecular weight is 804 g/mol. The molecule has 10 aromatic carbocycles. The Hall–Kier alpha value is -8.61. The quantitative estimate of drug-likeness (QED) is 0.178. The fourth-order valence-electron chi connectivity index (χ4n) is 10.0. The molecule has 4 heterocycles. The van der Waals surface area contributed by atoms with E-state index in [4.69, 9.17) is 19.4 Å². The summed E-state index contributed by atoms with van der Waals surface area (Å²) in [6, 6.07) is 71.0.